The molecule has 0 aliphatic heterocycles. The van der Waals surface area contributed by atoms with Crippen LogP contribution in [0.5, 0.6) is 0 Å². The van der Waals surface area contributed by atoms with Crippen molar-refractivity contribution in [1.82, 2.24) is 5.32 Å². The molecule has 30 heavy (non-hydrogen) atoms. The third-order valence-electron chi connectivity index (χ3n) is 5.37. The predicted molar refractivity (Wildman–Crippen MR) is 117 cm³/mol. The quantitative estimate of drug-likeness (QED) is 0.713. The number of nitrogens with two attached hydrogens (primary N) is 1. The van der Waals surface area contributed by atoms with Crippen molar-refractivity contribution in [2.45, 2.75) is 57.2 Å². The normalized spacial score (nSPS) is 16.5. The Kier molecular flexibility index (Phi) is 7.45. The second-order valence-electron chi connectivity index (χ2n) is 7.74. The minimum absolute atomic E-state index is 0.0380. The highest BCUT2D eigenvalue weighted by atomic mass is 35.5. The molecule has 0 saturated heterocycles. The molecule has 3 N–H and O–H groups in total. The maximum atomic E-state index is 14.0. The number of carbonyl (C=O) groups is 2. The largest absolute Gasteiger partial charge is 0.351 e. The topological polar surface area (TPSA) is 75.4 Å². The molecule has 1 fully saturated rings. The molecule has 0 bridgehead atoms. The van der Waals surface area contributed by atoms with Crippen LogP contribution in [-0.4, -0.2) is 23.9 Å². The Morgan fingerprint density at radius 3 is 2.47 bits per heavy atom. The third kappa shape index (κ3) is 5.18. The number of nitrogens with zero attached hydrogens (tertiary/aromatic N) is 1. The Balaban J connectivity index is 2.07. The number of hydrogen-bond acceptors (Lipinski definition) is 3. The highest BCUT2D eigenvalue weighted by molar-refractivity contribution is 6.31. The smallest absolute Gasteiger partial charge is 0.248 e. The lowest BCUT2D eigenvalue weighted by Gasteiger charge is -2.34. The van der Waals surface area contributed by atoms with Crippen LogP contribution in [0.2, 0.25) is 5.02 Å². The molecule has 2 aromatic rings. The van der Waals surface area contributed by atoms with E-state index in [1.807, 2.05) is 0 Å². The summed E-state index contributed by atoms with van der Waals surface area (Å²) in [5, 5.41) is 3.42. The van der Waals surface area contributed by atoms with Crippen molar-refractivity contribution in [2.24, 2.45) is 5.73 Å². The number of rotatable bonds is 6. The standard InChI is InChI=1S/C23H27ClFN3O2/c1-15(26)23(30)28(18-11-7-8-16(25)14-18)21(19-12-5-6-13-20(19)24)22(29)27-17-9-3-2-4-10-17/h5-8,11-15,17,21H,2-4,9-10,26H2,1H3,(H,27,29)/t15-,21?/m0/s1. The van der Waals surface area contributed by atoms with Crippen LogP contribution in [0.3, 0.4) is 0 Å². The highest BCUT2D eigenvalue weighted by Crippen LogP contribution is 2.33. The molecule has 160 valence electrons. The maximum Gasteiger partial charge on any atom is 0.248 e. The van der Waals surface area contributed by atoms with Crippen LogP contribution in [0.1, 0.15) is 50.6 Å². The first kappa shape index (κ1) is 22.2. The van der Waals surface area contributed by atoms with Gasteiger partial charge in [0.05, 0.1) is 6.04 Å². The van der Waals surface area contributed by atoms with E-state index in [1.165, 1.54) is 30.0 Å². The van der Waals surface area contributed by atoms with E-state index in [9.17, 15) is 14.0 Å². The van der Waals surface area contributed by atoms with Crippen LogP contribution in [0.15, 0.2) is 48.5 Å². The van der Waals surface area contributed by atoms with E-state index in [2.05, 4.69) is 5.32 Å². The fourth-order valence-electron chi connectivity index (χ4n) is 3.87. The summed E-state index contributed by atoms with van der Waals surface area (Å²) in [4.78, 5) is 27.9. The van der Waals surface area contributed by atoms with E-state index in [4.69, 9.17) is 17.3 Å². The lowest BCUT2D eigenvalue weighted by Crippen LogP contribution is -2.51. The molecule has 0 aromatic heterocycles. The van der Waals surface area contributed by atoms with Crippen molar-refractivity contribution in [3.63, 3.8) is 0 Å². The Hall–Kier alpha value is -2.44. The molecular formula is C23H27ClFN3O2. The summed E-state index contributed by atoms with van der Waals surface area (Å²) in [5.74, 6) is -1.36. The van der Waals surface area contributed by atoms with E-state index in [0.29, 0.717) is 10.6 Å². The first-order chi connectivity index (χ1) is 14.4. The molecular weight excluding hydrogens is 405 g/mol. The summed E-state index contributed by atoms with van der Waals surface area (Å²) in [6.07, 6.45) is 5.03. The Bertz CT molecular complexity index is 900. The van der Waals surface area contributed by atoms with Crippen LogP contribution >= 0.6 is 11.6 Å². The van der Waals surface area contributed by atoms with E-state index >= 15 is 0 Å². The van der Waals surface area contributed by atoms with Gasteiger partial charge >= 0.3 is 0 Å². The van der Waals surface area contributed by atoms with Gasteiger partial charge in [0, 0.05) is 22.3 Å². The van der Waals surface area contributed by atoms with Gasteiger partial charge in [-0.3, -0.25) is 14.5 Å². The Morgan fingerprint density at radius 1 is 1.13 bits per heavy atom. The number of halogens is 2. The fourth-order valence-corrected chi connectivity index (χ4v) is 4.11. The van der Waals surface area contributed by atoms with Crippen LogP contribution < -0.4 is 16.0 Å². The van der Waals surface area contributed by atoms with Gasteiger partial charge in [-0.15, -0.1) is 0 Å². The molecule has 0 radical (unpaired) electrons. The van der Waals surface area contributed by atoms with Gasteiger partial charge in [-0.05, 0) is 44.0 Å². The molecule has 2 amide bonds. The van der Waals surface area contributed by atoms with Crippen molar-refractivity contribution in [3.8, 4) is 0 Å². The SMILES string of the molecule is C[C@H](N)C(=O)N(c1cccc(F)c1)C(C(=O)NC1CCCCC1)c1ccccc1Cl. The summed E-state index contributed by atoms with van der Waals surface area (Å²) in [6.45, 7) is 1.54. The average Bonchev–Trinajstić information content (AvgIpc) is 2.73. The second-order valence-corrected chi connectivity index (χ2v) is 8.15. The van der Waals surface area contributed by atoms with Gasteiger partial charge in [0.1, 0.15) is 11.9 Å². The average molecular weight is 432 g/mol. The highest BCUT2D eigenvalue weighted by Gasteiger charge is 2.36. The predicted octanol–water partition coefficient (Wildman–Crippen LogP) is 4.35. The van der Waals surface area contributed by atoms with Crippen LogP contribution in [0.25, 0.3) is 0 Å². The van der Waals surface area contributed by atoms with Gasteiger partial charge in [0.15, 0.2) is 0 Å². The van der Waals surface area contributed by atoms with Gasteiger partial charge in [-0.2, -0.15) is 0 Å². The number of amides is 2. The van der Waals surface area contributed by atoms with Gasteiger partial charge in [-0.25, -0.2) is 4.39 Å². The first-order valence-electron chi connectivity index (χ1n) is 10.3. The molecule has 1 aliphatic carbocycles. The molecule has 1 unspecified atom stereocenters. The Morgan fingerprint density at radius 2 is 1.83 bits per heavy atom. The van der Waals surface area contributed by atoms with Crippen molar-refractivity contribution < 1.29 is 14.0 Å². The summed E-state index contributed by atoms with van der Waals surface area (Å²) in [5.41, 5.74) is 6.62. The van der Waals surface area contributed by atoms with E-state index in [1.54, 1.807) is 30.3 Å². The molecule has 7 heteroatoms. The van der Waals surface area contributed by atoms with Crippen molar-refractivity contribution in [1.29, 1.82) is 0 Å². The molecule has 5 nitrogen and oxygen atoms in total. The van der Waals surface area contributed by atoms with Crippen molar-refractivity contribution in [2.75, 3.05) is 4.90 Å². The Labute approximate surface area is 181 Å². The van der Waals surface area contributed by atoms with Crippen LogP contribution in [0, 0.1) is 5.82 Å². The number of anilines is 1. The molecule has 2 aromatic carbocycles. The van der Waals surface area contributed by atoms with Crippen LogP contribution in [-0.2, 0) is 9.59 Å². The molecule has 1 aliphatic rings. The van der Waals surface area contributed by atoms with Gasteiger partial charge < -0.3 is 11.1 Å². The summed E-state index contributed by atoms with van der Waals surface area (Å²) < 4.78 is 14.0. The molecule has 2 atom stereocenters. The third-order valence-corrected chi connectivity index (χ3v) is 5.72. The lowest BCUT2D eigenvalue weighted by molar-refractivity contribution is -0.127. The minimum Gasteiger partial charge on any atom is -0.351 e. The lowest BCUT2D eigenvalue weighted by atomic mass is 9.94. The fraction of sp³-hybridized carbons (Fsp3) is 0.391. The first-order valence-corrected chi connectivity index (χ1v) is 10.7. The van der Waals surface area contributed by atoms with Gasteiger partial charge in [0.2, 0.25) is 11.8 Å². The van der Waals surface area contributed by atoms with E-state index < -0.39 is 23.8 Å². The summed E-state index contributed by atoms with van der Waals surface area (Å²) in [6, 6.07) is 10.5. The molecule has 3 rings (SSSR count). The molecule has 0 heterocycles. The number of benzene rings is 2. The summed E-state index contributed by atoms with van der Waals surface area (Å²) in [7, 11) is 0. The zero-order chi connectivity index (χ0) is 21.7. The summed E-state index contributed by atoms with van der Waals surface area (Å²) >= 11 is 6.43. The van der Waals surface area contributed by atoms with E-state index in [0.717, 1.165) is 32.1 Å². The number of nitrogens with one attached hydrogen (secondary N) is 1. The van der Waals surface area contributed by atoms with Gasteiger partial charge in [-0.1, -0.05) is 55.1 Å². The molecule has 0 spiro atoms. The maximum absolute atomic E-state index is 14.0. The second kappa shape index (κ2) is 10.0. The minimum atomic E-state index is -1.07. The number of carbonyl (C=O) groups excluding carboxylic acids is 2. The number of hydrogen-bond donors (Lipinski definition) is 2. The van der Waals surface area contributed by atoms with Crippen molar-refractivity contribution >= 4 is 29.1 Å². The van der Waals surface area contributed by atoms with Crippen LogP contribution in [0.4, 0.5) is 10.1 Å². The van der Waals surface area contributed by atoms with Gasteiger partial charge in [0.25, 0.3) is 0 Å². The van der Waals surface area contributed by atoms with E-state index in [-0.39, 0.29) is 17.6 Å². The molecule has 1 saturated carbocycles. The zero-order valence-corrected chi connectivity index (χ0v) is 17.7. The van der Waals surface area contributed by atoms with Crippen molar-refractivity contribution in [3.05, 3.63) is 64.9 Å². The zero-order valence-electron chi connectivity index (χ0n) is 17.0. The monoisotopic (exact) mass is 431 g/mol.